The van der Waals surface area contributed by atoms with Gasteiger partial charge in [0.1, 0.15) is 12.0 Å². The molecule has 0 fully saturated rings. The maximum absolute atomic E-state index is 10.5. The van der Waals surface area contributed by atoms with E-state index in [1.165, 1.54) is 12.3 Å². The minimum Gasteiger partial charge on any atom is -0.478 e. The van der Waals surface area contributed by atoms with Crippen LogP contribution in [-0.2, 0) is 6.54 Å². The molecule has 0 amide bonds. The monoisotopic (exact) mass is 207 g/mol. The second-order valence-corrected chi connectivity index (χ2v) is 3.30. The molecule has 80 valence electrons. The Morgan fingerprint density at radius 1 is 1.80 bits per heavy atom. The first-order valence-electron chi connectivity index (χ1n) is 4.61. The van der Waals surface area contributed by atoms with Gasteiger partial charge in [-0.2, -0.15) is 0 Å². The fourth-order valence-electron chi connectivity index (χ4n) is 1.11. The van der Waals surface area contributed by atoms with Crippen LogP contribution in [0.1, 0.15) is 29.5 Å². The molecule has 0 aliphatic carbocycles. The summed E-state index contributed by atoms with van der Waals surface area (Å²) in [6.07, 6.45) is 7.01. The molecule has 0 saturated carbocycles. The molecule has 0 aromatic carbocycles. The molecule has 0 aliphatic rings. The molecule has 4 heteroatoms. The predicted octanol–water partition coefficient (Wildman–Crippen LogP) is 1.48. The van der Waals surface area contributed by atoms with Crippen molar-refractivity contribution >= 4 is 5.97 Å². The molecule has 0 saturated heterocycles. The van der Waals surface area contributed by atoms with Gasteiger partial charge in [0.15, 0.2) is 0 Å². The van der Waals surface area contributed by atoms with Gasteiger partial charge < -0.3 is 14.8 Å². The highest BCUT2D eigenvalue weighted by Gasteiger charge is 2.08. The van der Waals surface area contributed by atoms with Gasteiger partial charge in [-0.25, -0.2) is 4.79 Å². The molecule has 15 heavy (non-hydrogen) atoms. The number of carboxylic acids is 1. The normalized spacial score (nSPS) is 12.0. The maximum atomic E-state index is 10.5. The van der Waals surface area contributed by atoms with Gasteiger partial charge in [-0.15, -0.1) is 12.3 Å². The Morgan fingerprint density at radius 2 is 2.53 bits per heavy atom. The lowest BCUT2D eigenvalue weighted by Crippen LogP contribution is -2.24. The van der Waals surface area contributed by atoms with Gasteiger partial charge in [0.05, 0.1) is 12.1 Å². The summed E-state index contributed by atoms with van der Waals surface area (Å²) in [6, 6.07) is 1.69. The van der Waals surface area contributed by atoms with Crippen LogP contribution in [0, 0.1) is 12.3 Å². The lowest BCUT2D eigenvalue weighted by molar-refractivity contribution is 0.0696. The smallest absolute Gasteiger partial charge is 0.338 e. The highest BCUT2D eigenvalue weighted by atomic mass is 16.4. The van der Waals surface area contributed by atoms with E-state index in [1.54, 1.807) is 0 Å². The molecule has 4 nitrogen and oxygen atoms in total. The van der Waals surface area contributed by atoms with Gasteiger partial charge >= 0.3 is 5.97 Å². The van der Waals surface area contributed by atoms with E-state index in [0.717, 1.165) is 0 Å². The number of carbonyl (C=O) groups is 1. The van der Waals surface area contributed by atoms with Crippen LogP contribution >= 0.6 is 0 Å². The van der Waals surface area contributed by atoms with E-state index in [0.29, 0.717) is 18.7 Å². The Balaban J connectivity index is 2.45. The van der Waals surface area contributed by atoms with Crippen LogP contribution in [0.15, 0.2) is 16.7 Å². The Hall–Kier alpha value is -1.73. The molecular formula is C11H13NO3. The second-order valence-electron chi connectivity index (χ2n) is 3.30. The molecule has 2 N–H and O–H groups in total. The van der Waals surface area contributed by atoms with E-state index in [9.17, 15) is 4.79 Å². The zero-order valence-corrected chi connectivity index (χ0v) is 8.49. The number of aromatic carboxylic acids is 1. The van der Waals surface area contributed by atoms with Crippen molar-refractivity contribution in [2.45, 2.75) is 25.9 Å². The summed E-state index contributed by atoms with van der Waals surface area (Å²) in [5, 5.41) is 11.8. The summed E-state index contributed by atoms with van der Waals surface area (Å²) in [5.74, 6) is 2.15. The van der Waals surface area contributed by atoms with E-state index in [1.807, 2.05) is 6.92 Å². The lowest BCUT2D eigenvalue weighted by Gasteiger charge is -2.08. The van der Waals surface area contributed by atoms with Gasteiger partial charge in [0.25, 0.3) is 0 Å². The molecule has 0 spiro atoms. The number of hydrogen-bond acceptors (Lipinski definition) is 3. The van der Waals surface area contributed by atoms with Crippen molar-refractivity contribution in [1.82, 2.24) is 5.32 Å². The van der Waals surface area contributed by atoms with Crippen molar-refractivity contribution in [1.29, 1.82) is 0 Å². The highest BCUT2D eigenvalue weighted by molar-refractivity contribution is 5.87. The van der Waals surface area contributed by atoms with Crippen molar-refractivity contribution in [3.63, 3.8) is 0 Å². The first-order valence-corrected chi connectivity index (χ1v) is 4.61. The first-order chi connectivity index (χ1) is 7.13. The topological polar surface area (TPSA) is 62.5 Å². The van der Waals surface area contributed by atoms with E-state index in [2.05, 4.69) is 11.2 Å². The van der Waals surface area contributed by atoms with Crippen LogP contribution in [0.4, 0.5) is 0 Å². The Bertz CT molecular complexity index is 375. The third-order valence-corrected chi connectivity index (χ3v) is 1.95. The molecular weight excluding hydrogens is 194 g/mol. The van der Waals surface area contributed by atoms with Crippen LogP contribution in [-0.4, -0.2) is 17.1 Å². The van der Waals surface area contributed by atoms with Gasteiger partial charge in [0.2, 0.25) is 0 Å². The molecule has 0 bridgehead atoms. The van der Waals surface area contributed by atoms with E-state index < -0.39 is 5.97 Å². The minimum absolute atomic E-state index is 0.163. The number of nitrogens with one attached hydrogen (secondary N) is 1. The van der Waals surface area contributed by atoms with Gasteiger partial charge in [0, 0.05) is 12.5 Å². The standard InChI is InChI=1S/C11H13NO3/c1-3-4-8(2)12-6-10-5-9(7-15-10)11(13)14/h1,5,7-8,12H,4,6H2,2H3,(H,13,14). The molecule has 0 aliphatic heterocycles. The molecule has 1 aromatic heterocycles. The van der Waals surface area contributed by atoms with Crippen molar-refractivity contribution < 1.29 is 14.3 Å². The zero-order valence-electron chi connectivity index (χ0n) is 8.49. The molecule has 1 unspecified atom stereocenters. The number of rotatable bonds is 5. The number of hydrogen-bond donors (Lipinski definition) is 2. The highest BCUT2D eigenvalue weighted by Crippen LogP contribution is 2.07. The molecule has 0 radical (unpaired) electrons. The zero-order chi connectivity index (χ0) is 11.3. The van der Waals surface area contributed by atoms with Crippen LogP contribution in [0.3, 0.4) is 0 Å². The predicted molar refractivity (Wildman–Crippen MR) is 55.4 cm³/mol. The van der Waals surface area contributed by atoms with E-state index in [-0.39, 0.29) is 11.6 Å². The maximum Gasteiger partial charge on any atom is 0.338 e. The molecule has 1 atom stereocenters. The number of terminal acetylenes is 1. The minimum atomic E-state index is -0.985. The summed E-state index contributed by atoms with van der Waals surface area (Å²) >= 11 is 0. The Labute approximate surface area is 88.3 Å². The Morgan fingerprint density at radius 3 is 3.07 bits per heavy atom. The average Bonchev–Trinajstić information content (AvgIpc) is 2.63. The quantitative estimate of drug-likeness (QED) is 0.718. The fourth-order valence-corrected chi connectivity index (χ4v) is 1.11. The van der Waals surface area contributed by atoms with Gasteiger partial charge in [-0.05, 0) is 13.0 Å². The van der Waals surface area contributed by atoms with E-state index in [4.69, 9.17) is 15.9 Å². The largest absolute Gasteiger partial charge is 0.478 e. The summed E-state index contributed by atoms with van der Waals surface area (Å²) < 4.78 is 5.06. The summed E-state index contributed by atoms with van der Waals surface area (Å²) in [7, 11) is 0. The average molecular weight is 207 g/mol. The number of furan rings is 1. The van der Waals surface area contributed by atoms with Crippen molar-refractivity contribution in [3.8, 4) is 12.3 Å². The third kappa shape index (κ3) is 3.49. The van der Waals surface area contributed by atoms with Crippen LogP contribution in [0.25, 0.3) is 0 Å². The van der Waals surface area contributed by atoms with Crippen LogP contribution < -0.4 is 5.32 Å². The van der Waals surface area contributed by atoms with Crippen LogP contribution in [0.2, 0.25) is 0 Å². The van der Waals surface area contributed by atoms with Crippen molar-refractivity contribution in [2.24, 2.45) is 0 Å². The molecule has 1 heterocycles. The molecule has 1 rings (SSSR count). The third-order valence-electron chi connectivity index (χ3n) is 1.95. The SMILES string of the molecule is C#CCC(C)NCc1cc(C(=O)O)co1. The van der Waals surface area contributed by atoms with Gasteiger partial charge in [-0.1, -0.05) is 0 Å². The lowest BCUT2D eigenvalue weighted by atomic mass is 10.2. The van der Waals surface area contributed by atoms with Crippen molar-refractivity contribution in [2.75, 3.05) is 0 Å². The first kappa shape index (κ1) is 11.3. The van der Waals surface area contributed by atoms with Crippen LogP contribution in [0.5, 0.6) is 0 Å². The summed E-state index contributed by atoms with van der Waals surface area (Å²) in [4.78, 5) is 10.5. The van der Waals surface area contributed by atoms with E-state index >= 15 is 0 Å². The molecule has 1 aromatic rings. The summed E-state index contributed by atoms with van der Waals surface area (Å²) in [6.45, 7) is 2.44. The van der Waals surface area contributed by atoms with Crippen molar-refractivity contribution in [3.05, 3.63) is 23.7 Å². The second kappa shape index (κ2) is 5.23. The summed E-state index contributed by atoms with van der Waals surface area (Å²) in [5.41, 5.74) is 0.163. The fraction of sp³-hybridized carbons (Fsp3) is 0.364. The Kier molecular flexibility index (Phi) is 3.95. The van der Waals surface area contributed by atoms with Gasteiger partial charge in [-0.3, -0.25) is 0 Å². The number of carboxylic acid groups (broad SMARTS) is 1.